The van der Waals surface area contributed by atoms with E-state index in [1.807, 2.05) is 25.1 Å². The predicted molar refractivity (Wildman–Crippen MR) is 87.5 cm³/mol. The lowest BCUT2D eigenvalue weighted by Crippen LogP contribution is -2.27. The van der Waals surface area contributed by atoms with Gasteiger partial charge in [0.1, 0.15) is 5.75 Å². The largest absolute Gasteiger partial charge is 0.494 e. The molecule has 114 valence electrons. The van der Waals surface area contributed by atoms with E-state index in [0.717, 1.165) is 36.6 Å². The van der Waals surface area contributed by atoms with Crippen molar-refractivity contribution in [3.05, 3.63) is 18.2 Å². The average molecular weight is 279 g/mol. The van der Waals surface area contributed by atoms with Crippen molar-refractivity contribution in [3.8, 4) is 5.75 Å². The summed E-state index contributed by atoms with van der Waals surface area (Å²) in [7, 11) is 2.17. The van der Waals surface area contributed by atoms with E-state index in [1.54, 1.807) is 0 Å². The number of nitrogens with one attached hydrogen (secondary N) is 1. The van der Waals surface area contributed by atoms with Gasteiger partial charge >= 0.3 is 0 Å². The summed E-state index contributed by atoms with van der Waals surface area (Å²) in [5.74, 6) is 0.828. The molecule has 0 radical (unpaired) electrons. The Morgan fingerprint density at radius 2 is 2.00 bits per heavy atom. The topological polar surface area (TPSA) is 50.5 Å². The number of benzene rings is 1. The molecule has 0 bridgehead atoms. The van der Waals surface area contributed by atoms with Crippen LogP contribution in [0.15, 0.2) is 18.2 Å². The van der Waals surface area contributed by atoms with Crippen molar-refractivity contribution in [1.29, 1.82) is 0 Å². The molecular formula is C16H29N3O. The Bertz CT molecular complexity index is 393. The van der Waals surface area contributed by atoms with Crippen LogP contribution in [0.4, 0.5) is 11.4 Å². The molecule has 1 rings (SSSR count). The van der Waals surface area contributed by atoms with Gasteiger partial charge in [-0.3, -0.25) is 0 Å². The van der Waals surface area contributed by atoms with Crippen molar-refractivity contribution >= 4 is 11.4 Å². The van der Waals surface area contributed by atoms with Crippen LogP contribution in [0.25, 0.3) is 0 Å². The van der Waals surface area contributed by atoms with Crippen molar-refractivity contribution in [2.24, 2.45) is 0 Å². The molecule has 4 heteroatoms. The zero-order valence-corrected chi connectivity index (χ0v) is 13.3. The summed E-state index contributed by atoms with van der Waals surface area (Å²) >= 11 is 0. The fourth-order valence-electron chi connectivity index (χ4n) is 1.95. The molecule has 20 heavy (non-hydrogen) atoms. The summed E-state index contributed by atoms with van der Waals surface area (Å²) in [5, 5.41) is 3.41. The normalized spacial score (nSPS) is 11.1. The first-order valence-electron chi connectivity index (χ1n) is 7.50. The SMILES string of the molecule is CCOc1cc(N)cc(NCCCCN(C)C(C)C)c1. The third kappa shape index (κ3) is 6.15. The maximum atomic E-state index is 5.87. The average Bonchev–Trinajstić information content (AvgIpc) is 2.37. The van der Waals surface area contributed by atoms with Crippen molar-refractivity contribution in [2.45, 2.75) is 39.7 Å². The van der Waals surface area contributed by atoms with Crippen LogP contribution in [-0.2, 0) is 0 Å². The molecule has 4 nitrogen and oxygen atoms in total. The number of nitrogens with zero attached hydrogens (tertiary/aromatic N) is 1. The number of nitrogen functional groups attached to an aromatic ring is 1. The van der Waals surface area contributed by atoms with Gasteiger partial charge in [-0.25, -0.2) is 0 Å². The molecule has 0 aliphatic carbocycles. The van der Waals surface area contributed by atoms with E-state index < -0.39 is 0 Å². The minimum Gasteiger partial charge on any atom is -0.494 e. The molecule has 0 aliphatic rings. The molecule has 1 aromatic rings. The lowest BCUT2D eigenvalue weighted by molar-refractivity contribution is 0.269. The van der Waals surface area contributed by atoms with Crippen LogP contribution in [0.5, 0.6) is 5.75 Å². The van der Waals surface area contributed by atoms with Crippen molar-refractivity contribution in [1.82, 2.24) is 4.90 Å². The summed E-state index contributed by atoms with van der Waals surface area (Å²) in [6.45, 7) is 9.17. The van der Waals surface area contributed by atoms with Crippen LogP contribution in [0.1, 0.15) is 33.6 Å². The molecule has 0 heterocycles. The fourth-order valence-corrected chi connectivity index (χ4v) is 1.95. The molecule has 0 saturated heterocycles. The molecule has 0 amide bonds. The molecule has 0 spiro atoms. The Morgan fingerprint density at radius 3 is 2.65 bits per heavy atom. The van der Waals surface area contributed by atoms with E-state index >= 15 is 0 Å². The number of ether oxygens (including phenoxy) is 1. The van der Waals surface area contributed by atoms with Gasteiger partial charge in [0.05, 0.1) is 6.61 Å². The summed E-state index contributed by atoms with van der Waals surface area (Å²) in [4.78, 5) is 2.37. The molecular weight excluding hydrogens is 250 g/mol. The minimum atomic E-state index is 0.616. The van der Waals surface area contributed by atoms with Gasteiger partial charge in [0, 0.05) is 36.1 Å². The Hall–Kier alpha value is -1.42. The van der Waals surface area contributed by atoms with Crippen LogP contribution in [0.2, 0.25) is 0 Å². The van der Waals surface area contributed by atoms with Crippen molar-refractivity contribution in [2.75, 3.05) is 37.8 Å². The van der Waals surface area contributed by atoms with Gasteiger partial charge in [0.15, 0.2) is 0 Å². The lowest BCUT2D eigenvalue weighted by Gasteiger charge is -2.20. The Labute approximate surface area is 123 Å². The fraction of sp³-hybridized carbons (Fsp3) is 0.625. The summed E-state index contributed by atoms with van der Waals surface area (Å²) in [6, 6.07) is 6.42. The highest BCUT2D eigenvalue weighted by molar-refractivity contribution is 5.59. The zero-order valence-electron chi connectivity index (χ0n) is 13.3. The van der Waals surface area contributed by atoms with Crippen molar-refractivity contribution < 1.29 is 4.74 Å². The number of anilines is 2. The standard InChI is InChI=1S/C16H29N3O/c1-5-20-16-11-14(17)10-15(12-16)18-8-6-7-9-19(4)13(2)3/h10-13,18H,5-9,17H2,1-4H3. The Morgan fingerprint density at radius 1 is 1.25 bits per heavy atom. The molecule has 3 N–H and O–H groups in total. The number of rotatable bonds is 9. The maximum Gasteiger partial charge on any atom is 0.123 e. The second-order valence-electron chi connectivity index (χ2n) is 5.43. The highest BCUT2D eigenvalue weighted by Gasteiger charge is 2.02. The summed E-state index contributed by atoms with van der Waals surface area (Å²) in [6.07, 6.45) is 2.35. The van der Waals surface area contributed by atoms with E-state index in [4.69, 9.17) is 10.5 Å². The van der Waals surface area contributed by atoms with Crippen LogP contribution in [-0.4, -0.2) is 37.7 Å². The van der Waals surface area contributed by atoms with Crippen LogP contribution < -0.4 is 15.8 Å². The predicted octanol–water partition coefficient (Wildman–Crippen LogP) is 3.20. The van der Waals surface area contributed by atoms with Gasteiger partial charge in [-0.1, -0.05) is 0 Å². The highest BCUT2D eigenvalue weighted by atomic mass is 16.5. The molecule has 1 aromatic carbocycles. The van der Waals surface area contributed by atoms with Crippen LogP contribution >= 0.6 is 0 Å². The molecule has 0 aliphatic heterocycles. The van der Waals surface area contributed by atoms with Gasteiger partial charge in [-0.2, -0.15) is 0 Å². The van der Waals surface area contributed by atoms with Gasteiger partial charge in [-0.15, -0.1) is 0 Å². The Balaban J connectivity index is 2.31. The first-order valence-corrected chi connectivity index (χ1v) is 7.50. The van der Waals surface area contributed by atoms with E-state index in [0.29, 0.717) is 12.6 Å². The number of hydrogen-bond acceptors (Lipinski definition) is 4. The molecule has 0 atom stereocenters. The Kier molecular flexibility index (Phi) is 7.23. The lowest BCUT2D eigenvalue weighted by atomic mass is 10.2. The molecule has 0 unspecified atom stereocenters. The molecule has 0 aromatic heterocycles. The van der Waals surface area contributed by atoms with E-state index in [1.165, 1.54) is 6.42 Å². The van der Waals surface area contributed by atoms with Crippen LogP contribution in [0, 0.1) is 0 Å². The number of nitrogens with two attached hydrogens (primary N) is 1. The molecule has 0 fully saturated rings. The summed E-state index contributed by atoms with van der Waals surface area (Å²) in [5.41, 5.74) is 7.63. The second kappa shape index (κ2) is 8.69. The monoisotopic (exact) mass is 279 g/mol. The highest BCUT2D eigenvalue weighted by Crippen LogP contribution is 2.22. The van der Waals surface area contributed by atoms with Gasteiger partial charge in [0.2, 0.25) is 0 Å². The smallest absolute Gasteiger partial charge is 0.123 e. The first kappa shape index (κ1) is 16.6. The minimum absolute atomic E-state index is 0.616. The summed E-state index contributed by atoms with van der Waals surface area (Å²) < 4.78 is 5.49. The van der Waals surface area contributed by atoms with E-state index in [9.17, 15) is 0 Å². The van der Waals surface area contributed by atoms with Gasteiger partial charge in [-0.05, 0) is 53.3 Å². The third-order valence-corrected chi connectivity index (χ3v) is 3.39. The van der Waals surface area contributed by atoms with Crippen LogP contribution in [0.3, 0.4) is 0 Å². The van der Waals surface area contributed by atoms with E-state index in [-0.39, 0.29) is 0 Å². The number of unbranched alkanes of at least 4 members (excludes halogenated alkanes) is 1. The quantitative estimate of drug-likeness (QED) is 0.538. The van der Waals surface area contributed by atoms with Crippen molar-refractivity contribution in [3.63, 3.8) is 0 Å². The second-order valence-corrected chi connectivity index (χ2v) is 5.43. The van der Waals surface area contributed by atoms with Gasteiger partial charge < -0.3 is 20.7 Å². The maximum absolute atomic E-state index is 5.87. The van der Waals surface area contributed by atoms with E-state index in [2.05, 4.69) is 31.1 Å². The zero-order chi connectivity index (χ0) is 15.0. The number of hydrogen-bond donors (Lipinski definition) is 2. The molecule has 0 saturated carbocycles. The van der Waals surface area contributed by atoms with Gasteiger partial charge in [0.25, 0.3) is 0 Å². The first-order chi connectivity index (χ1) is 9.52. The third-order valence-electron chi connectivity index (χ3n) is 3.39.